The highest BCUT2D eigenvalue weighted by molar-refractivity contribution is 5.86. The number of amides is 1. The first-order valence-electron chi connectivity index (χ1n) is 13.1. The molecule has 2 nitrogen and oxygen atoms in total. The summed E-state index contributed by atoms with van der Waals surface area (Å²) in [6, 6.07) is 16.4. The molecule has 6 rings (SSSR count). The van der Waals surface area contributed by atoms with Crippen LogP contribution < -0.4 is 0 Å². The number of nitrogens with zero attached hydrogens (tertiary/aromatic N) is 1. The van der Waals surface area contributed by atoms with Gasteiger partial charge in [0.15, 0.2) is 0 Å². The third-order valence-electron chi connectivity index (χ3n) is 11.1. The quantitative estimate of drug-likeness (QED) is 0.476. The standard InChI is InChI=1S/C30H39NO/c1-19-18-26-30(3,17-15-27(32)31(26)4)25-14-16-29(2)23(12-13-24(29)28(19)25)22-11-7-9-20-8-5-6-10-21(20)22/h5-11,19,23-26,28H,12-18H2,1-4H3/t19?,23?,24-,25+,26?,28-,29+,30+/m0/s1. The van der Waals surface area contributed by atoms with E-state index in [1.54, 1.807) is 5.56 Å². The molecule has 3 saturated carbocycles. The molecule has 1 heterocycles. The van der Waals surface area contributed by atoms with E-state index in [9.17, 15) is 4.79 Å². The molecule has 3 unspecified atom stereocenters. The maximum absolute atomic E-state index is 12.5. The summed E-state index contributed by atoms with van der Waals surface area (Å²) in [5.74, 6) is 4.17. The molecule has 8 atom stereocenters. The molecule has 4 fully saturated rings. The van der Waals surface area contributed by atoms with E-state index in [0.29, 0.717) is 34.6 Å². The van der Waals surface area contributed by atoms with Gasteiger partial charge in [0.1, 0.15) is 0 Å². The molecule has 1 aliphatic heterocycles. The average Bonchev–Trinajstić information content (AvgIpc) is 3.14. The molecular weight excluding hydrogens is 390 g/mol. The number of fused-ring (bicyclic) bond motifs is 6. The lowest BCUT2D eigenvalue weighted by Crippen LogP contribution is -2.63. The largest absolute Gasteiger partial charge is 0.342 e. The highest BCUT2D eigenvalue weighted by Gasteiger charge is 2.62. The molecule has 1 amide bonds. The first-order chi connectivity index (χ1) is 15.3. The third kappa shape index (κ3) is 2.68. The Labute approximate surface area is 193 Å². The molecule has 4 aliphatic rings. The van der Waals surface area contributed by atoms with Crippen LogP contribution in [0.1, 0.15) is 77.2 Å². The average molecular weight is 430 g/mol. The van der Waals surface area contributed by atoms with Crippen LogP contribution in [0.15, 0.2) is 42.5 Å². The zero-order valence-electron chi connectivity index (χ0n) is 20.3. The molecule has 2 heteroatoms. The summed E-state index contributed by atoms with van der Waals surface area (Å²) < 4.78 is 0. The Morgan fingerprint density at radius 3 is 2.50 bits per heavy atom. The highest BCUT2D eigenvalue weighted by Crippen LogP contribution is 2.69. The minimum absolute atomic E-state index is 0.304. The van der Waals surface area contributed by atoms with Gasteiger partial charge in [0.25, 0.3) is 0 Å². The van der Waals surface area contributed by atoms with Gasteiger partial charge in [0.05, 0.1) is 0 Å². The normalized spacial score (nSPS) is 43.6. The van der Waals surface area contributed by atoms with Gasteiger partial charge >= 0.3 is 0 Å². The first kappa shape index (κ1) is 20.8. The molecule has 0 bridgehead atoms. The second-order valence-corrected chi connectivity index (χ2v) is 12.3. The Balaban J connectivity index is 1.37. The number of likely N-dealkylation sites (tertiary alicyclic amines) is 1. The zero-order chi connectivity index (χ0) is 22.3. The van der Waals surface area contributed by atoms with Crippen LogP contribution in [0.2, 0.25) is 0 Å². The first-order valence-corrected chi connectivity index (χ1v) is 13.1. The summed E-state index contributed by atoms with van der Waals surface area (Å²) in [6.45, 7) is 7.70. The van der Waals surface area contributed by atoms with Crippen LogP contribution in [0, 0.1) is 34.5 Å². The maximum Gasteiger partial charge on any atom is 0.222 e. The van der Waals surface area contributed by atoms with Gasteiger partial charge in [-0.15, -0.1) is 0 Å². The van der Waals surface area contributed by atoms with Crippen LogP contribution in [-0.2, 0) is 4.79 Å². The van der Waals surface area contributed by atoms with Crippen molar-refractivity contribution in [3.8, 4) is 0 Å². The van der Waals surface area contributed by atoms with Crippen LogP contribution in [-0.4, -0.2) is 23.9 Å². The fraction of sp³-hybridized carbons (Fsp3) is 0.633. The van der Waals surface area contributed by atoms with Crippen LogP contribution in [0.5, 0.6) is 0 Å². The zero-order valence-corrected chi connectivity index (χ0v) is 20.3. The third-order valence-corrected chi connectivity index (χ3v) is 11.1. The van der Waals surface area contributed by atoms with Crippen molar-refractivity contribution in [3.63, 3.8) is 0 Å². The number of carbonyl (C=O) groups excluding carboxylic acids is 1. The Hall–Kier alpha value is -1.83. The van der Waals surface area contributed by atoms with Crippen molar-refractivity contribution in [2.24, 2.45) is 34.5 Å². The van der Waals surface area contributed by atoms with Gasteiger partial charge in [0, 0.05) is 19.5 Å². The number of carbonyl (C=O) groups is 1. The van der Waals surface area contributed by atoms with E-state index in [-0.39, 0.29) is 0 Å². The molecule has 170 valence electrons. The van der Waals surface area contributed by atoms with Crippen molar-refractivity contribution in [2.45, 2.75) is 77.7 Å². The second kappa shape index (κ2) is 7.08. The van der Waals surface area contributed by atoms with Crippen molar-refractivity contribution in [3.05, 3.63) is 48.0 Å². The molecule has 1 saturated heterocycles. The van der Waals surface area contributed by atoms with E-state index in [0.717, 1.165) is 30.6 Å². The molecule has 2 aromatic carbocycles. The summed E-state index contributed by atoms with van der Waals surface area (Å²) in [4.78, 5) is 14.7. The van der Waals surface area contributed by atoms with Gasteiger partial charge in [-0.1, -0.05) is 63.2 Å². The van der Waals surface area contributed by atoms with Crippen molar-refractivity contribution in [1.29, 1.82) is 0 Å². The molecule has 0 spiro atoms. The van der Waals surface area contributed by atoms with Gasteiger partial charge in [0.2, 0.25) is 5.91 Å². The smallest absolute Gasteiger partial charge is 0.222 e. The lowest BCUT2D eigenvalue weighted by molar-refractivity contribution is -0.165. The Kier molecular flexibility index (Phi) is 4.59. The molecule has 0 N–H and O–H groups in total. The Bertz CT molecular complexity index is 1050. The Morgan fingerprint density at radius 2 is 1.66 bits per heavy atom. The van der Waals surface area contributed by atoms with Crippen LogP contribution in [0.3, 0.4) is 0 Å². The van der Waals surface area contributed by atoms with Crippen molar-refractivity contribution < 1.29 is 4.79 Å². The summed E-state index contributed by atoms with van der Waals surface area (Å²) in [5.41, 5.74) is 2.31. The van der Waals surface area contributed by atoms with E-state index < -0.39 is 0 Å². The van der Waals surface area contributed by atoms with Gasteiger partial charge in [-0.05, 0) is 95.3 Å². The van der Waals surface area contributed by atoms with E-state index in [1.807, 2.05) is 0 Å². The van der Waals surface area contributed by atoms with Crippen LogP contribution in [0.4, 0.5) is 0 Å². The van der Waals surface area contributed by atoms with Crippen molar-refractivity contribution >= 4 is 16.7 Å². The number of benzene rings is 2. The summed E-state index contributed by atoms with van der Waals surface area (Å²) >= 11 is 0. The van der Waals surface area contributed by atoms with E-state index >= 15 is 0 Å². The number of hydrogen-bond acceptors (Lipinski definition) is 1. The Morgan fingerprint density at radius 1 is 0.906 bits per heavy atom. The topological polar surface area (TPSA) is 20.3 Å². The SMILES string of the molecule is CC1CC2N(C)C(=O)CC[C@]2(C)[C@@H]2CC[C@]3(C)C(c4cccc5ccccc45)CC[C@H]3[C@H]12. The molecule has 32 heavy (non-hydrogen) atoms. The van der Waals surface area contributed by atoms with Gasteiger partial charge in [-0.3, -0.25) is 4.79 Å². The maximum atomic E-state index is 12.5. The van der Waals surface area contributed by atoms with Gasteiger partial charge < -0.3 is 4.90 Å². The fourth-order valence-corrected chi connectivity index (χ4v) is 9.53. The van der Waals surface area contributed by atoms with Gasteiger partial charge in [-0.25, -0.2) is 0 Å². The minimum Gasteiger partial charge on any atom is -0.342 e. The predicted octanol–water partition coefficient (Wildman–Crippen LogP) is 7.03. The number of piperidine rings is 1. The van der Waals surface area contributed by atoms with E-state index in [1.165, 1.54) is 42.9 Å². The summed E-state index contributed by atoms with van der Waals surface area (Å²) in [5, 5.41) is 2.86. The fourth-order valence-electron chi connectivity index (χ4n) is 9.53. The van der Waals surface area contributed by atoms with E-state index in [4.69, 9.17) is 0 Å². The van der Waals surface area contributed by atoms with Gasteiger partial charge in [-0.2, -0.15) is 0 Å². The second-order valence-electron chi connectivity index (χ2n) is 12.3. The highest BCUT2D eigenvalue weighted by atomic mass is 16.2. The molecular formula is C30H39NO. The molecule has 0 aromatic heterocycles. The van der Waals surface area contributed by atoms with E-state index in [2.05, 4.69) is 75.2 Å². The lowest BCUT2D eigenvalue weighted by atomic mass is 9.44. The molecule has 0 radical (unpaired) electrons. The summed E-state index contributed by atoms with van der Waals surface area (Å²) in [6.07, 6.45) is 8.46. The van der Waals surface area contributed by atoms with Crippen LogP contribution >= 0.6 is 0 Å². The predicted molar refractivity (Wildman–Crippen MR) is 131 cm³/mol. The number of hydrogen-bond donors (Lipinski definition) is 0. The number of rotatable bonds is 1. The minimum atomic E-state index is 0.304. The lowest BCUT2D eigenvalue weighted by Gasteiger charge is -2.63. The molecule has 2 aromatic rings. The van der Waals surface area contributed by atoms with Crippen molar-refractivity contribution in [2.75, 3.05) is 7.05 Å². The van der Waals surface area contributed by atoms with Crippen molar-refractivity contribution in [1.82, 2.24) is 4.90 Å². The molecule has 3 aliphatic carbocycles. The van der Waals surface area contributed by atoms with Crippen LogP contribution in [0.25, 0.3) is 10.8 Å². The monoisotopic (exact) mass is 429 g/mol. The summed E-state index contributed by atoms with van der Waals surface area (Å²) in [7, 11) is 2.08.